The van der Waals surface area contributed by atoms with Gasteiger partial charge in [-0.05, 0) is 19.4 Å². The van der Waals surface area contributed by atoms with Crippen molar-refractivity contribution in [2.45, 2.75) is 26.9 Å². The quantitative estimate of drug-likeness (QED) is 0.760. The van der Waals surface area contributed by atoms with Crippen LogP contribution in [0.3, 0.4) is 0 Å². The van der Waals surface area contributed by atoms with Crippen LogP contribution in [0, 0.1) is 13.8 Å². The van der Waals surface area contributed by atoms with Crippen LogP contribution in [-0.4, -0.2) is 39.4 Å². The lowest BCUT2D eigenvalue weighted by Gasteiger charge is -2.22. The maximum atomic E-state index is 12.3. The highest BCUT2D eigenvalue weighted by atomic mass is 16.3. The standard InChI is InChI=1S/C16H22N4O2/c1-12-15(13(2)19-18-12)10-17-16(22)20(8-9-21)11-14-6-4-3-5-7-14/h3-7,21H,8-11H2,1-2H3,(H,17,22)(H,18,19). The fraction of sp³-hybridized carbons (Fsp3) is 0.375. The lowest BCUT2D eigenvalue weighted by atomic mass is 10.2. The van der Waals surface area contributed by atoms with Crippen molar-refractivity contribution < 1.29 is 9.90 Å². The van der Waals surface area contributed by atoms with Crippen LogP contribution in [0.2, 0.25) is 0 Å². The van der Waals surface area contributed by atoms with Gasteiger partial charge < -0.3 is 15.3 Å². The molecule has 2 aromatic rings. The minimum Gasteiger partial charge on any atom is -0.395 e. The summed E-state index contributed by atoms with van der Waals surface area (Å²) in [7, 11) is 0. The van der Waals surface area contributed by atoms with E-state index < -0.39 is 0 Å². The van der Waals surface area contributed by atoms with Crippen molar-refractivity contribution in [1.29, 1.82) is 0 Å². The van der Waals surface area contributed by atoms with Gasteiger partial charge in [-0.15, -0.1) is 0 Å². The van der Waals surface area contributed by atoms with Gasteiger partial charge in [-0.1, -0.05) is 30.3 Å². The number of rotatable bonds is 6. The van der Waals surface area contributed by atoms with E-state index in [9.17, 15) is 4.79 Å². The van der Waals surface area contributed by atoms with Crippen LogP contribution in [0.15, 0.2) is 30.3 Å². The second kappa shape index (κ2) is 7.61. The Morgan fingerprint density at radius 3 is 2.64 bits per heavy atom. The third-order valence-corrected chi connectivity index (χ3v) is 3.57. The molecule has 0 aliphatic carbocycles. The fourth-order valence-electron chi connectivity index (χ4n) is 2.29. The SMILES string of the molecule is Cc1n[nH]c(C)c1CNC(=O)N(CCO)Cc1ccccc1. The first-order chi connectivity index (χ1) is 10.6. The predicted molar refractivity (Wildman–Crippen MR) is 84.2 cm³/mol. The first kappa shape index (κ1) is 16.0. The van der Waals surface area contributed by atoms with Crippen molar-refractivity contribution in [1.82, 2.24) is 20.4 Å². The zero-order chi connectivity index (χ0) is 15.9. The maximum Gasteiger partial charge on any atom is 0.318 e. The van der Waals surface area contributed by atoms with Crippen molar-refractivity contribution in [3.05, 3.63) is 52.8 Å². The third kappa shape index (κ3) is 4.08. The first-order valence-electron chi connectivity index (χ1n) is 7.29. The molecule has 0 spiro atoms. The molecule has 0 unspecified atom stereocenters. The van der Waals surface area contributed by atoms with Crippen LogP contribution in [0.1, 0.15) is 22.5 Å². The number of aryl methyl sites for hydroxylation is 2. The van der Waals surface area contributed by atoms with E-state index in [1.54, 1.807) is 4.90 Å². The number of nitrogens with one attached hydrogen (secondary N) is 2. The Morgan fingerprint density at radius 1 is 1.32 bits per heavy atom. The number of aromatic nitrogens is 2. The molecule has 0 bridgehead atoms. The fourth-order valence-corrected chi connectivity index (χ4v) is 2.29. The Morgan fingerprint density at radius 2 is 2.05 bits per heavy atom. The highest BCUT2D eigenvalue weighted by Gasteiger charge is 2.14. The van der Waals surface area contributed by atoms with E-state index in [1.165, 1.54) is 0 Å². The second-order valence-electron chi connectivity index (χ2n) is 5.20. The summed E-state index contributed by atoms with van der Waals surface area (Å²) < 4.78 is 0. The van der Waals surface area contributed by atoms with Gasteiger partial charge in [-0.2, -0.15) is 5.10 Å². The zero-order valence-corrected chi connectivity index (χ0v) is 13.0. The Kier molecular flexibility index (Phi) is 5.55. The normalized spacial score (nSPS) is 10.5. The average Bonchev–Trinajstić information content (AvgIpc) is 2.84. The molecule has 22 heavy (non-hydrogen) atoms. The van der Waals surface area contributed by atoms with Gasteiger partial charge >= 0.3 is 6.03 Å². The first-order valence-corrected chi connectivity index (χ1v) is 7.29. The molecule has 0 radical (unpaired) electrons. The van der Waals surface area contributed by atoms with E-state index >= 15 is 0 Å². The van der Waals surface area contributed by atoms with Gasteiger partial charge in [0.05, 0.1) is 12.3 Å². The minimum absolute atomic E-state index is 0.0655. The lowest BCUT2D eigenvalue weighted by Crippen LogP contribution is -2.40. The summed E-state index contributed by atoms with van der Waals surface area (Å²) in [4.78, 5) is 13.9. The van der Waals surface area contributed by atoms with Crippen LogP contribution >= 0.6 is 0 Å². The van der Waals surface area contributed by atoms with Gasteiger partial charge in [0.25, 0.3) is 0 Å². The topological polar surface area (TPSA) is 81.2 Å². The van der Waals surface area contributed by atoms with E-state index in [0.717, 1.165) is 22.5 Å². The van der Waals surface area contributed by atoms with Crippen molar-refractivity contribution >= 4 is 6.03 Å². The molecule has 1 aromatic carbocycles. The summed E-state index contributed by atoms with van der Waals surface area (Å²) in [6.07, 6.45) is 0. The number of benzene rings is 1. The molecule has 0 aliphatic heterocycles. The maximum absolute atomic E-state index is 12.3. The molecule has 6 heteroatoms. The molecule has 0 saturated heterocycles. The van der Waals surface area contributed by atoms with Gasteiger partial charge in [0.15, 0.2) is 0 Å². The molecule has 2 rings (SSSR count). The molecule has 2 amide bonds. The number of hydrogen-bond donors (Lipinski definition) is 3. The number of aliphatic hydroxyl groups excluding tert-OH is 1. The van der Waals surface area contributed by atoms with E-state index in [2.05, 4.69) is 15.5 Å². The Bertz CT molecular complexity index is 590. The van der Waals surface area contributed by atoms with Crippen molar-refractivity contribution in [2.75, 3.05) is 13.2 Å². The van der Waals surface area contributed by atoms with E-state index in [4.69, 9.17) is 5.11 Å². The second-order valence-corrected chi connectivity index (χ2v) is 5.20. The number of nitrogens with zero attached hydrogens (tertiary/aromatic N) is 2. The monoisotopic (exact) mass is 302 g/mol. The highest BCUT2D eigenvalue weighted by molar-refractivity contribution is 5.74. The van der Waals surface area contributed by atoms with Gasteiger partial charge in [0, 0.05) is 30.9 Å². The van der Waals surface area contributed by atoms with Crippen LogP contribution in [0.25, 0.3) is 0 Å². The average molecular weight is 302 g/mol. The van der Waals surface area contributed by atoms with Gasteiger partial charge in [-0.3, -0.25) is 5.10 Å². The third-order valence-electron chi connectivity index (χ3n) is 3.57. The summed E-state index contributed by atoms with van der Waals surface area (Å²) in [5.74, 6) is 0. The molecule has 0 fully saturated rings. The number of H-pyrrole nitrogens is 1. The Balaban J connectivity index is 1.97. The van der Waals surface area contributed by atoms with Crippen LogP contribution in [0.5, 0.6) is 0 Å². The van der Waals surface area contributed by atoms with Crippen LogP contribution < -0.4 is 5.32 Å². The van der Waals surface area contributed by atoms with Gasteiger partial charge in [0.2, 0.25) is 0 Å². The Hall–Kier alpha value is -2.34. The number of aromatic amines is 1. The number of carbonyl (C=O) groups excluding carboxylic acids is 1. The van der Waals surface area contributed by atoms with Crippen LogP contribution in [0.4, 0.5) is 4.79 Å². The molecule has 118 valence electrons. The van der Waals surface area contributed by atoms with Gasteiger partial charge in [0.1, 0.15) is 0 Å². The number of amides is 2. The molecule has 0 aliphatic rings. The van der Waals surface area contributed by atoms with E-state index in [0.29, 0.717) is 19.6 Å². The highest BCUT2D eigenvalue weighted by Crippen LogP contribution is 2.09. The largest absolute Gasteiger partial charge is 0.395 e. The smallest absolute Gasteiger partial charge is 0.318 e. The van der Waals surface area contributed by atoms with Crippen molar-refractivity contribution in [2.24, 2.45) is 0 Å². The molecular formula is C16H22N4O2. The molecular weight excluding hydrogens is 280 g/mol. The molecule has 6 nitrogen and oxygen atoms in total. The summed E-state index contributed by atoms with van der Waals surface area (Å²) in [6, 6.07) is 9.53. The molecule has 1 aromatic heterocycles. The number of urea groups is 1. The molecule has 3 N–H and O–H groups in total. The predicted octanol–water partition coefficient (Wildman–Crippen LogP) is 1.73. The van der Waals surface area contributed by atoms with E-state index in [1.807, 2.05) is 44.2 Å². The number of carbonyl (C=O) groups is 1. The Labute approximate surface area is 130 Å². The minimum atomic E-state index is -0.196. The summed E-state index contributed by atoms with van der Waals surface area (Å²) in [5.41, 5.74) is 3.86. The number of hydrogen-bond acceptors (Lipinski definition) is 3. The summed E-state index contributed by atoms with van der Waals surface area (Å²) >= 11 is 0. The van der Waals surface area contributed by atoms with Gasteiger partial charge in [-0.25, -0.2) is 4.79 Å². The molecule has 0 saturated carbocycles. The molecule has 0 atom stereocenters. The zero-order valence-electron chi connectivity index (χ0n) is 13.0. The lowest BCUT2D eigenvalue weighted by molar-refractivity contribution is 0.173. The van der Waals surface area contributed by atoms with Crippen LogP contribution in [-0.2, 0) is 13.1 Å². The molecule has 1 heterocycles. The van der Waals surface area contributed by atoms with E-state index in [-0.39, 0.29) is 12.6 Å². The van der Waals surface area contributed by atoms with Crippen molar-refractivity contribution in [3.63, 3.8) is 0 Å². The summed E-state index contributed by atoms with van der Waals surface area (Å²) in [6.45, 7) is 4.95. The number of aliphatic hydroxyl groups is 1. The van der Waals surface area contributed by atoms with Crippen molar-refractivity contribution in [3.8, 4) is 0 Å². The summed E-state index contributed by atoms with van der Waals surface area (Å²) in [5, 5.41) is 19.1.